The zero-order chi connectivity index (χ0) is 13.4. The molecule has 0 amide bonds. The van der Waals surface area contributed by atoms with Gasteiger partial charge in [0, 0.05) is 13.0 Å². The molecular formula is C16H23N3. The van der Waals surface area contributed by atoms with Crippen LogP contribution in [0.25, 0.3) is 11.0 Å². The maximum absolute atomic E-state index is 4.87. The molecule has 1 saturated heterocycles. The molecule has 1 fully saturated rings. The van der Waals surface area contributed by atoms with Crippen LogP contribution in [-0.4, -0.2) is 22.6 Å². The lowest BCUT2D eigenvalue weighted by molar-refractivity contribution is 0.438. The maximum atomic E-state index is 4.87. The fraction of sp³-hybridized carbons (Fsp3) is 0.562. The summed E-state index contributed by atoms with van der Waals surface area (Å²) in [5, 5.41) is 3.42. The Labute approximate surface area is 115 Å². The Morgan fingerprint density at radius 1 is 1.26 bits per heavy atom. The van der Waals surface area contributed by atoms with E-state index < -0.39 is 0 Å². The number of imidazole rings is 1. The minimum absolute atomic E-state index is 0.571. The van der Waals surface area contributed by atoms with E-state index in [1.54, 1.807) is 0 Å². The third-order valence-electron chi connectivity index (χ3n) is 4.31. The average Bonchev–Trinajstić information content (AvgIpc) is 2.77. The highest BCUT2D eigenvalue weighted by molar-refractivity contribution is 5.77. The van der Waals surface area contributed by atoms with Gasteiger partial charge in [0.1, 0.15) is 5.82 Å². The van der Waals surface area contributed by atoms with Crippen LogP contribution in [0.4, 0.5) is 0 Å². The summed E-state index contributed by atoms with van der Waals surface area (Å²) in [5.41, 5.74) is 3.81. The molecule has 1 aliphatic heterocycles. The molecule has 0 saturated carbocycles. The molecule has 0 spiro atoms. The highest BCUT2D eigenvalue weighted by Gasteiger charge is 2.21. The van der Waals surface area contributed by atoms with Crippen molar-refractivity contribution in [2.24, 2.45) is 7.05 Å². The predicted molar refractivity (Wildman–Crippen MR) is 79.6 cm³/mol. The molecule has 1 aromatic heterocycles. The first-order valence-corrected chi connectivity index (χ1v) is 7.34. The van der Waals surface area contributed by atoms with E-state index in [4.69, 9.17) is 4.98 Å². The number of nitrogens with one attached hydrogen (secondary N) is 1. The summed E-state index contributed by atoms with van der Waals surface area (Å²) in [7, 11) is 2.16. The number of piperidine rings is 1. The molecule has 2 heterocycles. The number of aryl methyl sites for hydroxylation is 1. The summed E-state index contributed by atoms with van der Waals surface area (Å²) in [6.45, 7) is 6.72. The monoisotopic (exact) mass is 257 g/mol. The number of hydrogen-bond donors (Lipinski definition) is 1. The van der Waals surface area contributed by atoms with Gasteiger partial charge in [-0.25, -0.2) is 4.98 Å². The van der Waals surface area contributed by atoms with Crippen molar-refractivity contribution in [1.29, 1.82) is 0 Å². The number of benzene rings is 1. The molecule has 1 aromatic carbocycles. The summed E-state index contributed by atoms with van der Waals surface area (Å²) in [6.07, 6.45) is 2.41. The lowest BCUT2D eigenvalue weighted by Crippen LogP contribution is -2.27. The predicted octanol–water partition coefficient (Wildman–Crippen LogP) is 3.16. The first kappa shape index (κ1) is 12.7. The molecule has 3 heteroatoms. The Balaban J connectivity index is 2.04. The first-order valence-electron chi connectivity index (χ1n) is 7.34. The number of fused-ring (bicyclic) bond motifs is 1. The van der Waals surface area contributed by atoms with Crippen LogP contribution in [0.15, 0.2) is 18.2 Å². The summed E-state index contributed by atoms with van der Waals surface area (Å²) >= 11 is 0. The maximum Gasteiger partial charge on any atom is 0.112 e. The lowest BCUT2D eigenvalue weighted by atomic mass is 9.97. The van der Waals surface area contributed by atoms with Crippen molar-refractivity contribution < 1.29 is 0 Å². The topological polar surface area (TPSA) is 29.9 Å². The van der Waals surface area contributed by atoms with Crippen molar-refractivity contribution in [2.75, 3.05) is 13.1 Å². The van der Waals surface area contributed by atoms with Gasteiger partial charge in [0.2, 0.25) is 0 Å². The van der Waals surface area contributed by atoms with Gasteiger partial charge in [0.15, 0.2) is 0 Å². The number of nitrogens with zero attached hydrogens (tertiary/aromatic N) is 2. The summed E-state index contributed by atoms with van der Waals surface area (Å²) in [6, 6.07) is 6.69. The molecule has 0 unspecified atom stereocenters. The van der Waals surface area contributed by atoms with Gasteiger partial charge in [0.25, 0.3) is 0 Å². The van der Waals surface area contributed by atoms with Gasteiger partial charge in [-0.3, -0.25) is 0 Å². The van der Waals surface area contributed by atoms with Gasteiger partial charge in [-0.2, -0.15) is 0 Å². The largest absolute Gasteiger partial charge is 0.331 e. The molecule has 0 atom stereocenters. The second kappa shape index (κ2) is 4.97. The van der Waals surface area contributed by atoms with Gasteiger partial charge in [-0.15, -0.1) is 0 Å². The molecule has 102 valence electrons. The third-order valence-corrected chi connectivity index (χ3v) is 4.31. The van der Waals surface area contributed by atoms with Crippen LogP contribution in [0.3, 0.4) is 0 Å². The highest BCUT2D eigenvalue weighted by atomic mass is 15.1. The second-order valence-electron chi connectivity index (χ2n) is 5.96. The molecule has 19 heavy (non-hydrogen) atoms. The minimum atomic E-state index is 0.571. The second-order valence-corrected chi connectivity index (χ2v) is 5.96. The van der Waals surface area contributed by atoms with Gasteiger partial charge in [0.05, 0.1) is 11.0 Å². The first-order chi connectivity index (χ1) is 9.16. The molecule has 0 bridgehead atoms. The zero-order valence-electron chi connectivity index (χ0n) is 12.1. The van der Waals surface area contributed by atoms with Crippen LogP contribution in [0.2, 0.25) is 0 Å². The van der Waals surface area contributed by atoms with E-state index in [0.717, 1.165) is 18.6 Å². The zero-order valence-corrected chi connectivity index (χ0v) is 12.1. The van der Waals surface area contributed by atoms with E-state index in [1.165, 1.54) is 29.7 Å². The smallest absolute Gasteiger partial charge is 0.112 e. The van der Waals surface area contributed by atoms with Gasteiger partial charge in [-0.1, -0.05) is 19.9 Å². The van der Waals surface area contributed by atoms with Crippen LogP contribution in [-0.2, 0) is 7.05 Å². The van der Waals surface area contributed by atoms with Crippen molar-refractivity contribution in [3.05, 3.63) is 29.6 Å². The van der Waals surface area contributed by atoms with Crippen LogP contribution in [0.1, 0.15) is 49.9 Å². The Kier molecular flexibility index (Phi) is 3.31. The molecule has 1 aliphatic rings. The van der Waals surface area contributed by atoms with Crippen LogP contribution in [0.5, 0.6) is 0 Å². The van der Waals surface area contributed by atoms with E-state index in [1.807, 2.05) is 0 Å². The Morgan fingerprint density at radius 2 is 2.00 bits per heavy atom. The molecule has 2 aromatic rings. The average molecular weight is 257 g/mol. The fourth-order valence-corrected chi connectivity index (χ4v) is 3.03. The van der Waals surface area contributed by atoms with Crippen molar-refractivity contribution in [1.82, 2.24) is 14.9 Å². The molecule has 1 N–H and O–H groups in total. The van der Waals surface area contributed by atoms with Gasteiger partial charge >= 0.3 is 0 Å². The Hall–Kier alpha value is -1.35. The Morgan fingerprint density at radius 3 is 2.68 bits per heavy atom. The van der Waals surface area contributed by atoms with E-state index in [-0.39, 0.29) is 0 Å². The standard InChI is InChI=1S/C16H23N3/c1-11(2)13-4-5-14-15(10-13)19(3)16(18-14)12-6-8-17-9-7-12/h4-5,10-12,17H,6-9H2,1-3H3. The van der Waals surface area contributed by atoms with Crippen LogP contribution in [0, 0.1) is 0 Å². The van der Waals surface area contributed by atoms with Crippen LogP contribution >= 0.6 is 0 Å². The van der Waals surface area contributed by atoms with Crippen molar-refractivity contribution in [3.63, 3.8) is 0 Å². The van der Waals surface area contributed by atoms with Gasteiger partial charge in [-0.05, 0) is 49.5 Å². The molecule has 3 nitrogen and oxygen atoms in total. The molecule has 3 rings (SSSR count). The van der Waals surface area contributed by atoms with Crippen molar-refractivity contribution >= 4 is 11.0 Å². The number of hydrogen-bond acceptors (Lipinski definition) is 2. The quantitative estimate of drug-likeness (QED) is 0.895. The lowest BCUT2D eigenvalue weighted by Gasteiger charge is -2.22. The molecular weight excluding hydrogens is 234 g/mol. The fourth-order valence-electron chi connectivity index (χ4n) is 3.03. The van der Waals surface area contributed by atoms with Crippen molar-refractivity contribution in [3.8, 4) is 0 Å². The number of aromatic nitrogens is 2. The normalized spacial score (nSPS) is 17.5. The van der Waals surface area contributed by atoms with Gasteiger partial charge < -0.3 is 9.88 Å². The third kappa shape index (κ3) is 2.27. The van der Waals surface area contributed by atoms with E-state index in [9.17, 15) is 0 Å². The molecule has 0 radical (unpaired) electrons. The highest BCUT2D eigenvalue weighted by Crippen LogP contribution is 2.28. The van der Waals surface area contributed by atoms with Crippen LogP contribution < -0.4 is 5.32 Å². The van der Waals surface area contributed by atoms with Crippen molar-refractivity contribution in [2.45, 2.75) is 38.5 Å². The summed E-state index contributed by atoms with van der Waals surface area (Å²) in [5.74, 6) is 2.44. The summed E-state index contributed by atoms with van der Waals surface area (Å²) < 4.78 is 2.30. The van der Waals surface area contributed by atoms with E-state index >= 15 is 0 Å². The summed E-state index contributed by atoms with van der Waals surface area (Å²) in [4.78, 5) is 4.87. The minimum Gasteiger partial charge on any atom is -0.331 e. The Bertz CT molecular complexity index is 577. The van der Waals surface area contributed by atoms with E-state index in [2.05, 4.69) is 49.0 Å². The SMILES string of the molecule is CC(C)c1ccc2nc(C3CCNCC3)n(C)c2c1. The number of rotatable bonds is 2. The van der Waals surface area contributed by atoms with E-state index in [0.29, 0.717) is 11.8 Å². The molecule has 0 aliphatic carbocycles.